The molecule has 0 aliphatic carbocycles. The van der Waals surface area contributed by atoms with Crippen LogP contribution in [0.25, 0.3) is 0 Å². The van der Waals surface area contributed by atoms with Gasteiger partial charge in [0.25, 0.3) is 5.91 Å². The van der Waals surface area contributed by atoms with Crippen LogP contribution >= 0.6 is 22.7 Å². The van der Waals surface area contributed by atoms with Crippen molar-refractivity contribution in [1.29, 1.82) is 0 Å². The van der Waals surface area contributed by atoms with E-state index >= 15 is 0 Å². The van der Waals surface area contributed by atoms with E-state index in [0.717, 1.165) is 10.7 Å². The van der Waals surface area contributed by atoms with Crippen molar-refractivity contribution < 1.29 is 4.79 Å². The van der Waals surface area contributed by atoms with E-state index in [4.69, 9.17) is 0 Å². The van der Waals surface area contributed by atoms with Gasteiger partial charge in [0, 0.05) is 6.54 Å². The van der Waals surface area contributed by atoms with E-state index < -0.39 is 0 Å². The maximum atomic E-state index is 12.2. The Bertz CT molecular complexity index is 575. The van der Waals surface area contributed by atoms with Crippen molar-refractivity contribution in [2.24, 2.45) is 0 Å². The summed E-state index contributed by atoms with van der Waals surface area (Å²) in [5, 5.41) is 8.13. The minimum Gasteiger partial charge on any atom is -0.349 e. The highest BCUT2D eigenvalue weighted by Crippen LogP contribution is 2.21. The third kappa shape index (κ3) is 3.45. The van der Waals surface area contributed by atoms with E-state index in [-0.39, 0.29) is 11.9 Å². The lowest BCUT2D eigenvalue weighted by Gasteiger charge is -2.23. The Hall–Kier alpha value is -1.24. The molecular weight excluding hydrogens is 290 g/mol. The average molecular weight is 309 g/mol. The smallest absolute Gasteiger partial charge is 0.263 e. The first-order chi connectivity index (χ1) is 9.49. The first-order valence-corrected chi connectivity index (χ1v) is 8.15. The Labute approximate surface area is 127 Å². The van der Waals surface area contributed by atoms with Crippen molar-refractivity contribution in [3.63, 3.8) is 0 Å². The van der Waals surface area contributed by atoms with E-state index in [2.05, 4.69) is 32.0 Å². The maximum Gasteiger partial charge on any atom is 0.263 e. The van der Waals surface area contributed by atoms with Gasteiger partial charge in [-0.3, -0.25) is 4.79 Å². The molecular formula is C14H19N3OS2. The molecule has 2 rings (SSSR count). The number of likely N-dealkylation sites (N-methyl/N-ethyl adjacent to an activating group) is 1. The van der Waals surface area contributed by atoms with Crippen LogP contribution in [-0.4, -0.2) is 36.4 Å². The number of nitrogens with one attached hydrogen (secondary N) is 1. The molecule has 2 aromatic rings. The van der Waals surface area contributed by atoms with E-state index in [1.54, 1.807) is 11.3 Å². The minimum atomic E-state index is -0.0322. The highest BCUT2D eigenvalue weighted by atomic mass is 32.1. The van der Waals surface area contributed by atoms with Crippen LogP contribution in [0.5, 0.6) is 0 Å². The van der Waals surface area contributed by atoms with Crippen molar-refractivity contribution >= 4 is 28.6 Å². The van der Waals surface area contributed by atoms with Crippen molar-refractivity contribution in [1.82, 2.24) is 15.2 Å². The Morgan fingerprint density at radius 2 is 2.20 bits per heavy atom. The van der Waals surface area contributed by atoms with Gasteiger partial charge in [-0.25, -0.2) is 4.98 Å². The number of carbonyl (C=O) groups is 1. The Kier molecular flexibility index (Phi) is 4.91. The molecule has 0 saturated carbocycles. The van der Waals surface area contributed by atoms with Crippen LogP contribution in [0.1, 0.15) is 32.0 Å². The van der Waals surface area contributed by atoms with Crippen LogP contribution in [-0.2, 0) is 0 Å². The Balaban J connectivity index is 2.03. The van der Waals surface area contributed by atoms with Gasteiger partial charge < -0.3 is 10.2 Å². The Morgan fingerprint density at radius 3 is 2.70 bits per heavy atom. The molecule has 108 valence electrons. The topological polar surface area (TPSA) is 45.2 Å². The normalized spacial score (nSPS) is 12.7. The largest absolute Gasteiger partial charge is 0.349 e. The zero-order valence-electron chi connectivity index (χ0n) is 12.1. The molecule has 1 N–H and O–H groups in total. The molecule has 0 spiro atoms. The molecule has 1 atom stereocenters. The summed E-state index contributed by atoms with van der Waals surface area (Å²) in [6, 6.07) is 2.29. The maximum absolute atomic E-state index is 12.2. The number of thiazole rings is 1. The molecule has 0 saturated heterocycles. The molecule has 0 aliphatic heterocycles. The molecule has 0 unspecified atom stereocenters. The van der Waals surface area contributed by atoms with Gasteiger partial charge in [0.1, 0.15) is 4.88 Å². The van der Waals surface area contributed by atoms with Gasteiger partial charge >= 0.3 is 0 Å². The predicted molar refractivity (Wildman–Crippen MR) is 84.7 cm³/mol. The molecule has 20 heavy (non-hydrogen) atoms. The van der Waals surface area contributed by atoms with Gasteiger partial charge in [0.2, 0.25) is 0 Å². The van der Waals surface area contributed by atoms with Crippen LogP contribution in [0.2, 0.25) is 0 Å². The molecule has 4 nitrogen and oxygen atoms in total. The summed E-state index contributed by atoms with van der Waals surface area (Å²) < 4.78 is 0. The Morgan fingerprint density at radius 1 is 1.45 bits per heavy atom. The van der Waals surface area contributed by atoms with Crippen LogP contribution in [0.15, 0.2) is 16.8 Å². The van der Waals surface area contributed by atoms with E-state index in [0.29, 0.717) is 11.4 Å². The van der Waals surface area contributed by atoms with E-state index in [1.807, 2.05) is 27.9 Å². The van der Waals surface area contributed by atoms with Crippen molar-refractivity contribution in [3.05, 3.63) is 38.0 Å². The van der Waals surface area contributed by atoms with Gasteiger partial charge in [0.05, 0.1) is 16.7 Å². The lowest BCUT2D eigenvalue weighted by molar-refractivity contribution is 0.0945. The fourth-order valence-electron chi connectivity index (χ4n) is 2.07. The summed E-state index contributed by atoms with van der Waals surface area (Å²) in [6.07, 6.45) is 0. The third-order valence-electron chi connectivity index (χ3n) is 3.12. The van der Waals surface area contributed by atoms with Crippen molar-refractivity contribution in [2.45, 2.75) is 19.9 Å². The summed E-state index contributed by atoms with van der Waals surface area (Å²) in [6.45, 7) is 4.39. The predicted octanol–water partition coefficient (Wildman–Crippen LogP) is 2.85. The van der Waals surface area contributed by atoms with E-state index in [9.17, 15) is 4.79 Å². The molecule has 1 amide bonds. The van der Waals surface area contributed by atoms with E-state index in [1.165, 1.54) is 16.9 Å². The number of thiophene rings is 1. The van der Waals surface area contributed by atoms with Gasteiger partial charge in [-0.15, -0.1) is 11.3 Å². The zero-order valence-corrected chi connectivity index (χ0v) is 13.8. The molecule has 6 heteroatoms. The number of carbonyl (C=O) groups excluding carboxylic acids is 1. The number of aromatic nitrogens is 1. The second-order valence-electron chi connectivity index (χ2n) is 4.89. The molecule has 0 bridgehead atoms. The van der Waals surface area contributed by atoms with Gasteiger partial charge in [-0.2, -0.15) is 11.3 Å². The fourth-order valence-corrected chi connectivity index (χ4v) is 3.62. The minimum absolute atomic E-state index is 0.0322. The molecule has 2 aromatic heterocycles. The molecule has 0 radical (unpaired) electrons. The van der Waals surface area contributed by atoms with Gasteiger partial charge in [-0.1, -0.05) is 0 Å². The fraction of sp³-hybridized carbons (Fsp3) is 0.429. The monoisotopic (exact) mass is 309 g/mol. The first kappa shape index (κ1) is 15.2. The number of hydrogen-bond donors (Lipinski definition) is 1. The first-order valence-electron chi connectivity index (χ1n) is 6.39. The lowest BCUT2D eigenvalue weighted by Crippen LogP contribution is -2.34. The van der Waals surface area contributed by atoms with Crippen LogP contribution in [0, 0.1) is 13.8 Å². The van der Waals surface area contributed by atoms with Gasteiger partial charge in [0.15, 0.2) is 0 Å². The number of aryl methyl sites for hydroxylation is 2. The molecule has 2 heterocycles. The highest BCUT2D eigenvalue weighted by Gasteiger charge is 2.18. The standard InChI is InChI=1S/C14H19N3OS2/c1-9-13(20-10(2)16-9)14(18)15-7-12(17(3)4)11-5-6-19-8-11/h5-6,8,12H,7H2,1-4H3,(H,15,18)/t12-/m1/s1. The SMILES string of the molecule is Cc1nc(C)c(C(=O)NC[C@H](c2ccsc2)N(C)C)s1. The zero-order chi connectivity index (χ0) is 14.7. The summed E-state index contributed by atoms with van der Waals surface area (Å²) in [7, 11) is 4.05. The summed E-state index contributed by atoms with van der Waals surface area (Å²) in [4.78, 5) is 19.3. The highest BCUT2D eigenvalue weighted by molar-refractivity contribution is 7.13. The van der Waals surface area contributed by atoms with Crippen molar-refractivity contribution in [2.75, 3.05) is 20.6 Å². The number of amides is 1. The average Bonchev–Trinajstić information content (AvgIpc) is 2.99. The lowest BCUT2D eigenvalue weighted by atomic mass is 10.1. The quantitative estimate of drug-likeness (QED) is 0.924. The molecule has 0 fully saturated rings. The number of hydrogen-bond acceptors (Lipinski definition) is 5. The van der Waals surface area contributed by atoms with Gasteiger partial charge in [-0.05, 0) is 50.3 Å². The van der Waals surface area contributed by atoms with Crippen LogP contribution in [0.3, 0.4) is 0 Å². The van der Waals surface area contributed by atoms with Crippen LogP contribution < -0.4 is 5.32 Å². The third-order valence-corrected chi connectivity index (χ3v) is 4.89. The summed E-state index contributed by atoms with van der Waals surface area (Å²) >= 11 is 3.12. The second-order valence-corrected chi connectivity index (χ2v) is 6.88. The number of nitrogens with zero attached hydrogens (tertiary/aromatic N) is 2. The second kappa shape index (κ2) is 6.47. The number of rotatable bonds is 5. The van der Waals surface area contributed by atoms with Crippen molar-refractivity contribution in [3.8, 4) is 0 Å². The van der Waals surface area contributed by atoms with Crippen LogP contribution in [0.4, 0.5) is 0 Å². The molecule has 0 aromatic carbocycles. The summed E-state index contributed by atoms with van der Waals surface area (Å²) in [5.41, 5.74) is 2.04. The molecule has 0 aliphatic rings. The summed E-state index contributed by atoms with van der Waals surface area (Å²) in [5.74, 6) is -0.0322.